The average molecular weight is 400 g/mol. The van der Waals surface area contributed by atoms with Gasteiger partial charge in [0, 0.05) is 37.2 Å². The molecule has 0 aliphatic heterocycles. The van der Waals surface area contributed by atoms with Crippen LogP contribution in [0.1, 0.15) is 12.5 Å². The standard InChI is InChI=1S/C15H21N4O.C7H7Cl/c1-11(20-3)15-10-13(18-9-8-16)12-6-4-5-7-14(12)19(15)17-2;1-6-2-4-7(8)5-3-6/h4-7,10,18H,8-9,16H2,1-3H3;2-5H,1H3/q+1;/b15-11+,19-17?;. The highest BCUT2D eigenvalue weighted by molar-refractivity contribution is 6.30. The second-order valence-electron chi connectivity index (χ2n) is 6.24. The molecular formula is C22H28ClN4O+. The van der Waals surface area contributed by atoms with Crippen LogP contribution in [0.25, 0.3) is 16.7 Å². The number of nitrogens with two attached hydrogens (primary N) is 1. The molecule has 2 aromatic carbocycles. The maximum Gasteiger partial charge on any atom is 0.277 e. The van der Waals surface area contributed by atoms with Gasteiger partial charge in [0.25, 0.3) is 5.35 Å². The lowest BCUT2D eigenvalue weighted by atomic mass is 10.1. The van der Waals surface area contributed by atoms with Gasteiger partial charge in [-0.3, -0.25) is 0 Å². The number of rotatable bonds is 4. The van der Waals surface area contributed by atoms with E-state index < -0.39 is 0 Å². The van der Waals surface area contributed by atoms with Gasteiger partial charge in [-0.05, 0) is 34.6 Å². The van der Waals surface area contributed by atoms with E-state index in [1.165, 1.54) is 5.56 Å². The largest absolute Gasteiger partial charge is 0.494 e. The van der Waals surface area contributed by atoms with Crippen LogP contribution in [-0.2, 0) is 4.74 Å². The summed E-state index contributed by atoms with van der Waals surface area (Å²) in [7, 11) is 3.43. The molecule has 0 saturated carbocycles. The number of hydrogen-bond acceptors (Lipinski definition) is 4. The summed E-state index contributed by atoms with van der Waals surface area (Å²) in [6, 6.07) is 17.9. The number of pyridine rings is 1. The van der Waals surface area contributed by atoms with E-state index in [4.69, 9.17) is 22.1 Å². The monoisotopic (exact) mass is 399 g/mol. The van der Waals surface area contributed by atoms with Gasteiger partial charge in [0.15, 0.2) is 5.76 Å². The number of hydrogen-bond donors (Lipinski definition) is 2. The van der Waals surface area contributed by atoms with Crippen molar-refractivity contribution in [2.24, 2.45) is 10.8 Å². The molecule has 0 spiro atoms. The minimum atomic E-state index is 0.587. The van der Waals surface area contributed by atoms with Crippen LogP contribution in [0, 0.1) is 6.92 Å². The molecule has 0 saturated heterocycles. The van der Waals surface area contributed by atoms with E-state index in [0.29, 0.717) is 6.54 Å². The van der Waals surface area contributed by atoms with Gasteiger partial charge in [-0.1, -0.05) is 41.4 Å². The van der Waals surface area contributed by atoms with Crippen molar-refractivity contribution in [3.05, 3.63) is 70.5 Å². The van der Waals surface area contributed by atoms with Crippen molar-refractivity contribution >= 4 is 34.0 Å². The van der Waals surface area contributed by atoms with Crippen molar-refractivity contribution in [2.75, 3.05) is 32.6 Å². The van der Waals surface area contributed by atoms with Gasteiger partial charge < -0.3 is 15.8 Å². The molecule has 148 valence electrons. The molecular weight excluding hydrogens is 372 g/mol. The Labute approximate surface area is 171 Å². The van der Waals surface area contributed by atoms with Crippen LogP contribution < -0.4 is 20.8 Å². The zero-order chi connectivity index (χ0) is 20.5. The molecule has 3 aromatic rings. The molecule has 0 aliphatic rings. The van der Waals surface area contributed by atoms with Gasteiger partial charge in [0.05, 0.1) is 25.2 Å². The summed E-state index contributed by atoms with van der Waals surface area (Å²) < 4.78 is 7.26. The van der Waals surface area contributed by atoms with Crippen LogP contribution in [0.2, 0.25) is 5.02 Å². The van der Waals surface area contributed by atoms with Crippen molar-refractivity contribution in [1.29, 1.82) is 0 Å². The summed E-state index contributed by atoms with van der Waals surface area (Å²) >= 11 is 5.61. The van der Waals surface area contributed by atoms with Crippen LogP contribution in [0.15, 0.2) is 59.7 Å². The molecule has 0 amide bonds. The molecule has 3 N–H and O–H groups in total. The molecule has 3 rings (SSSR count). The number of halogens is 1. The number of ether oxygens (including phenoxy) is 1. The highest BCUT2D eigenvalue weighted by Gasteiger charge is 2.13. The molecule has 5 nitrogen and oxygen atoms in total. The zero-order valence-corrected chi connectivity index (χ0v) is 17.6. The Balaban J connectivity index is 0.000000292. The van der Waals surface area contributed by atoms with Crippen LogP contribution in [-0.4, -0.2) is 27.2 Å². The van der Waals surface area contributed by atoms with Crippen LogP contribution >= 0.6 is 11.6 Å². The Kier molecular flexibility index (Phi) is 8.23. The molecule has 1 aromatic heterocycles. The summed E-state index contributed by atoms with van der Waals surface area (Å²) in [6.45, 7) is 5.28. The topological polar surface area (TPSA) is 65.5 Å². The van der Waals surface area contributed by atoms with Crippen molar-refractivity contribution in [3.8, 4) is 0 Å². The van der Waals surface area contributed by atoms with Gasteiger partial charge in [0.1, 0.15) is 0 Å². The summed E-state index contributed by atoms with van der Waals surface area (Å²) in [5, 5.41) is 10.5. The minimum Gasteiger partial charge on any atom is -0.494 e. The number of aromatic nitrogens is 1. The Bertz CT molecular complexity index is 1010. The third kappa shape index (κ3) is 5.44. The maximum absolute atomic E-state index is 5.61. The van der Waals surface area contributed by atoms with Crippen molar-refractivity contribution < 1.29 is 9.10 Å². The highest BCUT2D eigenvalue weighted by atomic mass is 35.5. The second kappa shape index (κ2) is 10.6. The molecule has 6 heteroatoms. The van der Waals surface area contributed by atoms with E-state index in [1.54, 1.807) is 14.2 Å². The van der Waals surface area contributed by atoms with Crippen LogP contribution in [0.3, 0.4) is 0 Å². The fourth-order valence-corrected chi connectivity index (χ4v) is 2.87. The molecule has 0 bridgehead atoms. The maximum atomic E-state index is 5.61. The highest BCUT2D eigenvalue weighted by Crippen LogP contribution is 2.18. The summed E-state index contributed by atoms with van der Waals surface area (Å²) in [5.74, 6) is 0.817. The van der Waals surface area contributed by atoms with E-state index >= 15 is 0 Å². The van der Waals surface area contributed by atoms with E-state index in [0.717, 1.165) is 39.3 Å². The number of methoxy groups -OCH3 is 1. The normalized spacial score (nSPS) is 12.3. The predicted octanol–water partition coefficient (Wildman–Crippen LogP) is 3.58. The smallest absolute Gasteiger partial charge is 0.277 e. The lowest BCUT2D eigenvalue weighted by molar-refractivity contribution is -0.533. The SMILES string of the molecule is CN=[n+]1/c(=C(\C)OC)cc(NCCN)c2ccccc21.Cc1ccc(Cl)cc1. The molecule has 0 aliphatic carbocycles. The van der Waals surface area contributed by atoms with Crippen LogP contribution in [0.4, 0.5) is 5.69 Å². The fourth-order valence-electron chi connectivity index (χ4n) is 2.75. The van der Waals surface area contributed by atoms with Gasteiger partial charge in [-0.2, -0.15) is 0 Å². The Morgan fingerprint density at radius 1 is 1.18 bits per heavy atom. The lowest BCUT2D eigenvalue weighted by Crippen LogP contribution is -2.39. The van der Waals surface area contributed by atoms with Crippen molar-refractivity contribution in [1.82, 2.24) is 0 Å². The predicted molar refractivity (Wildman–Crippen MR) is 117 cm³/mol. The van der Waals surface area contributed by atoms with E-state index in [9.17, 15) is 0 Å². The van der Waals surface area contributed by atoms with Gasteiger partial charge in [0.2, 0.25) is 5.52 Å². The molecule has 0 radical (unpaired) electrons. The number of nitrogens with one attached hydrogen (secondary N) is 1. The summed E-state index contributed by atoms with van der Waals surface area (Å²) in [5.41, 5.74) is 8.90. The van der Waals surface area contributed by atoms with Gasteiger partial charge in [-0.15, -0.1) is 0 Å². The number of para-hydroxylation sites is 1. The first-order valence-corrected chi connectivity index (χ1v) is 9.51. The Morgan fingerprint density at radius 3 is 2.43 bits per heavy atom. The van der Waals surface area contributed by atoms with Crippen LogP contribution in [0.5, 0.6) is 0 Å². The van der Waals surface area contributed by atoms with E-state index in [1.807, 2.05) is 66.7 Å². The van der Waals surface area contributed by atoms with E-state index in [2.05, 4.69) is 16.5 Å². The molecule has 1 heterocycles. The first kappa shape index (κ1) is 21.7. The first-order valence-electron chi connectivity index (χ1n) is 9.13. The van der Waals surface area contributed by atoms with Gasteiger partial charge in [-0.25, -0.2) is 0 Å². The molecule has 0 fully saturated rings. The number of benzene rings is 2. The minimum absolute atomic E-state index is 0.587. The zero-order valence-electron chi connectivity index (χ0n) is 16.9. The summed E-state index contributed by atoms with van der Waals surface area (Å²) in [6.07, 6.45) is 0. The summed E-state index contributed by atoms with van der Waals surface area (Å²) in [4.78, 5) is 0. The van der Waals surface area contributed by atoms with E-state index in [-0.39, 0.29) is 0 Å². The quantitative estimate of drug-likeness (QED) is 0.659. The molecule has 0 atom stereocenters. The molecule has 0 unspecified atom stereocenters. The average Bonchev–Trinajstić information content (AvgIpc) is 2.73. The third-order valence-corrected chi connectivity index (χ3v) is 4.52. The van der Waals surface area contributed by atoms with Crippen molar-refractivity contribution in [3.63, 3.8) is 0 Å². The van der Waals surface area contributed by atoms with Crippen molar-refractivity contribution in [2.45, 2.75) is 13.8 Å². The molecule has 28 heavy (non-hydrogen) atoms. The number of fused-ring (bicyclic) bond motifs is 1. The third-order valence-electron chi connectivity index (χ3n) is 4.27. The van der Waals surface area contributed by atoms with Gasteiger partial charge >= 0.3 is 0 Å². The lowest BCUT2D eigenvalue weighted by Gasteiger charge is -2.06. The number of anilines is 1. The second-order valence-corrected chi connectivity index (χ2v) is 6.68. The number of aryl methyl sites for hydroxylation is 1. The first-order chi connectivity index (χ1) is 13.5. The number of nitrogens with zero attached hydrogens (tertiary/aromatic N) is 2. The Morgan fingerprint density at radius 2 is 1.86 bits per heavy atom. The fraction of sp³-hybridized carbons (Fsp3) is 0.273. The Hall–Kier alpha value is -2.63.